The predicted octanol–water partition coefficient (Wildman–Crippen LogP) is 11.9. The second kappa shape index (κ2) is 16.6. The summed E-state index contributed by atoms with van der Waals surface area (Å²) in [6.07, 6.45) is 0. The van der Waals surface area contributed by atoms with E-state index in [1.165, 1.54) is 30.3 Å². The van der Waals surface area contributed by atoms with Crippen molar-refractivity contribution in [2.24, 2.45) is 0 Å². The van der Waals surface area contributed by atoms with Crippen LogP contribution in [0.1, 0.15) is 47.8 Å². The lowest BCUT2D eigenvalue weighted by molar-refractivity contribution is 0.0989. The minimum atomic E-state index is 0.0307. The van der Waals surface area contributed by atoms with Crippen molar-refractivity contribution in [2.45, 2.75) is 19.6 Å². The number of anilines is 6. The van der Waals surface area contributed by atoms with Gasteiger partial charge < -0.3 is 30.2 Å². The van der Waals surface area contributed by atoms with Gasteiger partial charge in [0, 0.05) is 93.1 Å². The molecule has 6 heterocycles. The Morgan fingerprint density at radius 1 is 0.422 bits per heavy atom. The second-order valence-electron chi connectivity index (χ2n) is 16.5. The van der Waals surface area contributed by atoms with Gasteiger partial charge in [0.1, 0.15) is 0 Å². The third-order valence-electron chi connectivity index (χ3n) is 12.0. The van der Waals surface area contributed by atoms with E-state index >= 15 is 0 Å². The third kappa shape index (κ3) is 7.63. The Labute approximate surface area is 383 Å². The van der Waals surface area contributed by atoms with Crippen LogP contribution < -0.4 is 30.2 Å². The molecule has 3 aliphatic heterocycles. The molecule has 0 aliphatic carbocycles. The number of fused-ring (bicyclic) bond motifs is 6. The van der Waals surface area contributed by atoms with Crippen molar-refractivity contribution >= 4 is 116 Å². The Morgan fingerprint density at radius 2 is 0.766 bits per heavy atom. The highest BCUT2D eigenvalue weighted by Crippen LogP contribution is 2.36. The summed E-state index contributed by atoms with van der Waals surface area (Å²) in [5, 5.41) is 9.90. The Bertz CT molecular complexity index is 3140. The lowest BCUT2D eigenvalue weighted by Gasteiger charge is -2.15. The molecule has 2 N–H and O–H groups in total. The fourth-order valence-electron chi connectivity index (χ4n) is 8.41. The van der Waals surface area contributed by atoms with E-state index in [0.29, 0.717) is 25.3 Å². The van der Waals surface area contributed by atoms with Gasteiger partial charge in [-0.05, 0) is 140 Å². The molecule has 0 saturated carbocycles. The molecule has 0 atom stereocenters. The summed E-state index contributed by atoms with van der Waals surface area (Å²) in [5.74, 6) is 0.215. The van der Waals surface area contributed by atoms with Crippen LogP contribution in [0.2, 0.25) is 0 Å². The van der Waals surface area contributed by atoms with Crippen LogP contribution in [0.5, 0.6) is 0 Å². The molecule has 64 heavy (non-hydrogen) atoms. The molecular formula is C52H44N6O3S3. The number of benzene rings is 6. The molecule has 9 aromatic rings. The van der Waals surface area contributed by atoms with Crippen molar-refractivity contribution in [3.63, 3.8) is 0 Å². The Hall–Kier alpha value is -6.99. The van der Waals surface area contributed by atoms with Gasteiger partial charge in [-0.2, -0.15) is 0 Å². The van der Waals surface area contributed by atoms with Gasteiger partial charge in [0.2, 0.25) is 0 Å². The fraction of sp³-hybridized carbons (Fsp3) is 0.135. The van der Waals surface area contributed by atoms with E-state index in [4.69, 9.17) is 5.73 Å². The molecule has 0 saturated heterocycles. The van der Waals surface area contributed by atoms with Gasteiger partial charge in [-0.3, -0.25) is 14.4 Å². The highest BCUT2D eigenvalue weighted by atomic mass is 32.1. The average Bonchev–Trinajstić information content (AvgIpc) is 4.18. The quantitative estimate of drug-likeness (QED) is 0.173. The van der Waals surface area contributed by atoms with Gasteiger partial charge in [0.15, 0.2) is 0 Å². The molecule has 3 amide bonds. The maximum atomic E-state index is 12.8. The highest BCUT2D eigenvalue weighted by Gasteiger charge is 2.31. The van der Waals surface area contributed by atoms with Crippen LogP contribution in [-0.2, 0) is 19.6 Å². The monoisotopic (exact) mass is 896 g/mol. The van der Waals surface area contributed by atoms with Crippen LogP contribution in [0.4, 0.5) is 34.1 Å². The number of carbonyl (C=O) groups excluding carboxylic acids is 3. The molecular weight excluding hydrogens is 853 g/mol. The molecule has 0 unspecified atom stereocenters. The topological polar surface area (TPSA) is 93.4 Å². The smallest absolute Gasteiger partial charge is 0.259 e. The first-order valence-electron chi connectivity index (χ1n) is 20.9. The number of rotatable bonds is 5. The summed E-state index contributed by atoms with van der Waals surface area (Å²) in [6, 6.07) is 42.7. The van der Waals surface area contributed by atoms with Crippen LogP contribution in [-0.4, -0.2) is 45.9 Å². The van der Waals surface area contributed by atoms with Crippen molar-refractivity contribution in [3.8, 4) is 0 Å². The normalized spacial score (nSPS) is 13.8. The van der Waals surface area contributed by atoms with Crippen LogP contribution in [0, 0.1) is 0 Å². The average molecular weight is 897 g/mol. The maximum Gasteiger partial charge on any atom is 0.259 e. The summed E-state index contributed by atoms with van der Waals surface area (Å²) in [5.41, 5.74) is 17.0. The van der Waals surface area contributed by atoms with Crippen molar-refractivity contribution in [2.75, 3.05) is 58.4 Å². The van der Waals surface area contributed by atoms with Crippen LogP contribution in [0.25, 0.3) is 30.3 Å². The summed E-state index contributed by atoms with van der Waals surface area (Å²) >= 11 is 5.10. The van der Waals surface area contributed by atoms with Crippen molar-refractivity contribution in [1.82, 2.24) is 0 Å². The number of hydrogen-bond donors (Lipinski definition) is 1. The third-order valence-corrected chi connectivity index (χ3v) is 14.7. The number of nitrogens with zero attached hydrogens (tertiary/aromatic N) is 5. The molecule has 12 heteroatoms. The van der Waals surface area contributed by atoms with E-state index in [2.05, 4.69) is 95.0 Å². The molecule has 12 rings (SSSR count). The molecule has 6 aromatic carbocycles. The second-order valence-corrected chi connectivity index (χ2v) is 19.3. The zero-order valence-electron chi connectivity index (χ0n) is 35.7. The van der Waals surface area contributed by atoms with Gasteiger partial charge >= 0.3 is 0 Å². The summed E-state index contributed by atoms with van der Waals surface area (Å²) in [7, 11) is 7.96. The number of carbonyl (C=O) groups is 3. The predicted molar refractivity (Wildman–Crippen MR) is 269 cm³/mol. The number of nitrogen functional groups attached to an aromatic ring is 1. The fourth-order valence-corrected chi connectivity index (χ4v) is 10.9. The van der Waals surface area contributed by atoms with Crippen molar-refractivity contribution < 1.29 is 14.4 Å². The van der Waals surface area contributed by atoms with Crippen LogP contribution in [0.3, 0.4) is 0 Å². The van der Waals surface area contributed by atoms with E-state index in [9.17, 15) is 14.4 Å². The first-order chi connectivity index (χ1) is 31.0. The van der Waals surface area contributed by atoms with Crippen molar-refractivity contribution in [1.29, 1.82) is 0 Å². The molecule has 0 fully saturated rings. The van der Waals surface area contributed by atoms with Gasteiger partial charge in [-0.1, -0.05) is 36.4 Å². The van der Waals surface area contributed by atoms with Crippen LogP contribution >= 0.6 is 34.0 Å². The molecule has 0 spiro atoms. The summed E-state index contributed by atoms with van der Waals surface area (Å²) in [6.45, 7) is 1.92. The maximum absolute atomic E-state index is 12.8. The Balaban J connectivity index is 0.000000114. The van der Waals surface area contributed by atoms with E-state index in [1.807, 2.05) is 95.2 Å². The lowest BCUT2D eigenvalue weighted by Crippen LogP contribution is -2.22. The SMILES string of the molecule is CN(C)c1ccc2c(c1)C(=O)N(c1ccc3ccsc3c1)C2.CN(C)c1ccc2c(c1)C(=O)N(c1ccc3ccsc3c1)C2.Nc1ccc2c(c1)C(=O)N(c1ccc3ccsc3c1)C2. The molecule has 3 aromatic heterocycles. The van der Waals surface area contributed by atoms with E-state index < -0.39 is 0 Å². The molecule has 0 radical (unpaired) electrons. The van der Waals surface area contributed by atoms with E-state index in [0.717, 1.165) is 61.8 Å². The largest absolute Gasteiger partial charge is 0.399 e. The van der Waals surface area contributed by atoms with E-state index in [1.54, 1.807) is 40.1 Å². The molecule has 318 valence electrons. The van der Waals surface area contributed by atoms with Gasteiger partial charge in [0.25, 0.3) is 17.7 Å². The van der Waals surface area contributed by atoms with Gasteiger partial charge in [-0.25, -0.2) is 0 Å². The number of nitrogens with two attached hydrogens (primary N) is 1. The zero-order chi connectivity index (χ0) is 44.2. The van der Waals surface area contributed by atoms with Crippen molar-refractivity contribution in [3.05, 3.63) is 177 Å². The number of amides is 3. The van der Waals surface area contributed by atoms with E-state index in [-0.39, 0.29) is 17.7 Å². The Kier molecular flexibility index (Phi) is 10.7. The summed E-state index contributed by atoms with van der Waals surface area (Å²) in [4.78, 5) is 47.6. The molecule has 3 aliphatic rings. The Morgan fingerprint density at radius 3 is 1.12 bits per heavy atom. The number of hydrogen-bond acceptors (Lipinski definition) is 9. The zero-order valence-corrected chi connectivity index (χ0v) is 38.2. The minimum absolute atomic E-state index is 0.0307. The summed E-state index contributed by atoms with van der Waals surface area (Å²) < 4.78 is 3.64. The standard InChI is InChI=1S/2C18H16N2OS.C16H12N2OS/c2*1-19(2)14-5-4-13-11-20(18(21)16(13)9-14)15-6-3-12-7-8-22-17(12)10-15;17-12-3-1-11-9-18(16(19)14(11)7-12)13-4-2-10-5-6-20-15(10)8-13/h2*3-10H,11H2,1-2H3;1-8H,9,17H2. The van der Waals surface area contributed by atoms with Crippen LogP contribution in [0.15, 0.2) is 144 Å². The highest BCUT2D eigenvalue weighted by molar-refractivity contribution is 7.17. The molecule has 9 nitrogen and oxygen atoms in total. The first-order valence-corrected chi connectivity index (χ1v) is 23.5. The minimum Gasteiger partial charge on any atom is -0.399 e. The first kappa shape index (κ1) is 41.0. The lowest BCUT2D eigenvalue weighted by atomic mass is 10.1. The molecule has 0 bridgehead atoms. The van der Waals surface area contributed by atoms with Gasteiger partial charge in [-0.15, -0.1) is 34.0 Å². The van der Waals surface area contributed by atoms with Gasteiger partial charge in [0.05, 0.1) is 19.6 Å². The number of thiophene rings is 3.